The van der Waals surface area contributed by atoms with Crippen molar-refractivity contribution in [3.8, 4) is 23.3 Å². The lowest BCUT2D eigenvalue weighted by Gasteiger charge is -2.07. The smallest absolute Gasteiger partial charge is 0.0998 e. The van der Waals surface area contributed by atoms with Gasteiger partial charge in [-0.3, -0.25) is 0 Å². The average Bonchev–Trinajstić information content (AvgIpc) is 2.37. The Morgan fingerprint density at radius 3 is 2.00 bits per heavy atom. The van der Waals surface area contributed by atoms with Gasteiger partial charge in [0.1, 0.15) is 0 Å². The van der Waals surface area contributed by atoms with Crippen LogP contribution >= 0.6 is 0 Å². The molecule has 0 N–H and O–H groups in total. The monoisotopic (exact) mass is 218 g/mol. The molecule has 17 heavy (non-hydrogen) atoms. The van der Waals surface area contributed by atoms with Crippen LogP contribution in [-0.2, 0) is 0 Å². The zero-order valence-corrected chi connectivity index (χ0v) is 9.44. The van der Waals surface area contributed by atoms with Crippen molar-refractivity contribution < 1.29 is 0 Å². The average molecular weight is 218 g/mol. The van der Waals surface area contributed by atoms with Crippen molar-refractivity contribution in [3.63, 3.8) is 0 Å². The molecule has 2 rings (SSSR count). The van der Waals surface area contributed by atoms with Crippen LogP contribution in [0.3, 0.4) is 0 Å². The predicted octanol–water partition coefficient (Wildman–Crippen LogP) is 3.41. The quantitative estimate of drug-likeness (QED) is 0.736. The van der Waals surface area contributed by atoms with Crippen LogP contribution in [0.25, 0.3) is 11.1 Å². The molecular weight excluding hydrogens is 208 g/mol. The summed E-state index contributed by atoms with van der Waals surface area (Å²) in [6.45, 7) is 1.99. The van der Waals surface area contributed by atoms with Gasteiger partial charge in [-0.1, -0.05) is 35.9 Å². The summed E-state index contributed by atoms with van der Waals surface area (Å²) >= 11 is 0. The van der Waals surface area contributed by atoms with E-state index in [1.807, 2.05) is 31.2 Å². The lowest BCUT2D eigenvalue weighted by atomic mass is 9.94. The third-order valence-corrected chi connectivity index (χ3v) is 2.61. The number of nitrogens with zero attached hydrogens (tertiary/aromatic N) is 2. The fraction of sp³-hybridized carbons (Fsp3) is 0.0667. The largest absolute Gasteiger partial charge is 0.192 e. The number of aryl methyl sites for hydroxylation is 1. The standard InChI is InChI=1S/C15H10N2/c1-11-4-2-5-12(8-11)15-13(9-16)6-3-7-14(15)10-17/h2-8H,1H3. The van der Waals surface area contributed by atoms with Crippen molar-refractivity contribution >= 4 is 0 Å². The van der Waals surface area contributed by atoms with Crippen molar-refractivity contribution in [2.75, 3.05) is 0 Å². The first-order valence-corrected chi connectivity index (χ1v) is 5.26. The second-order valence-corrected chi connectivity index (χ2v) is 3.82. The molecule has 0 heterocycles. The van der Waals surface area contributed by atoms with Crippen LogP contribution in [0.2, 0.25) is 0 Å². The molecule has 0 fully saturated rings. The van der Waals surface area contributed by atoms with E-state index in [9.17, 15) is 0 Å². The molecule has 2 heteroatoms. The normalized spacial score (nSPS) is 9.35. The molecule has 80 valence electrons. The minimum Gasteiger partial charge on any atom is -0.192 e. The molecule has 0 radical (unpaired) electrons. The maximum absolute atomic E-state index is 9.11. The SMILES string of the molecule is Cc1cccc(-c2c(C#N)cccc2C#N)c1. The molecule has 0 saturated carbocycles. The molecule has 0 aliphatic heterocycles. The Labute approximate surface area is 100 Å². The molecule has 0 aliphatic rings. The van der Waals surface area contributed by atoms with Crippen LogP contribution in [0.1, 0.15) is 16.7 Å². The third-order valence-electron chi connectivity index (χ3n) is 2.61. The van der Waals surface area contributed by atoms with E-state index in [-0.39, 0.29) is 0 Å². The van der Waals surface area contributed by atoms with Gasteiger partial charge < -0.3 is 0 Å². The molecule has 0 unspecified atom stereocenters. The zero-order valence-electron chi connectivity index (χ0n) is 9.44. The lowest BCUT2D eigenvalue weighted by molar-refractivity contribution is 1.42. The first kappa shape index (κ1) is 10.9. The summed E-state index contributed by atoms with van der Waals surface area (Å²) in [7, 11) is 0. The maximum Gasteiger partial charge on any atom is 0.0998 e. The molecule has 0 amide bonds. The molecule has 0 aromatic heterocycles. The fourth-order valence-corrected chi connectivity index (χ4v) is 1.85. The number of benzene rings is 2. The molecule has 2 aromatic rings. The van der Waals surface area contributed by atoms with Gasteiger partial charge >= 0.3 is 0 Å². The molecule has 0 saturated heterocycles. The van der Waals surface area contributed by atoms with Gasteiger partial charge in [-0.05, 0) is 24.6 Å². The Bertz CT molecular complexity index is 610. The van der Waals surface area contributed by atoms with Crippen LogP contribution in [0, 0.1) is 29.6 Å². The summed E-state index contributed by atoms with van der Waals surface area (Å²) in [4.78, 5) is 0. The Morgan fingerprint density at radius 2 is 1.47 bits per heavy atom. The number of rotatable bonds is 1. The van der Waals surface area contributed by atoms with Gasteiger partial charge in [0, 0.05) is 5.56 Å². The van der Waals surface area contributed by atoms with E-state index in [2.05, 4.69) is 12.1 Å². The minimum atomic E-state index is 0.537. The highest BCUT2D eigenvalue weighted by Crippen LogP contribution is 2.27. The Balaban J connectivity index is 2.75. The van der Waals surface area contributed by atoms with E-state index in [1.165, 1.54) is 0 Å². The summed E-state index contributed by atoms with van der Waals surface area (Å²) in [5.74, 6) is 0. The molecule has 0 bridgehead atoms. The van der Waals surface area contributed by atoms with Gasteiger partial charge in [0.15, 0.2) is 0 Å². The minimum absolute atomic E-state index is 0.537. The number of hydrogen-bond donors (Lipinski definition) is 0. The van der Waals surface area contributed by atoms with Gasteiger partial charge in [-0.25, -0.2) is 0 Å². The highest BCUT2D eigenvalue weighted by Gasteiger charge is 2.10. The van der Waals surface area contributed by atoms with E-state index in [4.69, 9.17) is 10.5 Å². The second-order valence-electron chi connectivity index (χ2n) is 3.82. The van der Waals surface area contributed by atoms with Crippen LogP contribution < -0.4 is 0 Å². The summed E-state index contributed by atoms with van der Waals surface area (Å²) < 4.78 is 0. The summed E-state index contributed by atoms with van der Waals surface area (Å²) in [5, 5.41) is 18.2. The molecule has 0 spiro atoms. The molecular formula is C15H10N2. The molecule has 0 atom stereocenters. The first-order valence-electron chi connectivity index (χ1n) is 5.26. The Kier molecular flexibility index (Phi) is 2.90. The third kappa shape index (κ3) is 2.02. The molecule has 0 aliphatic carbocycles. The van der Waals surface area contributed by atoms with E-state index in [1.54, 1.807) is 18.2 Å². The zero-order chi connectivity index (χ0) is 12.3. The van der Waals surface area contributed by atoms with E-state index >= 15 is 0 Å². The topological polar surface area (TPSA) is 47.6 Å². The van der Waals surface area contributed by atoms with Crippen molar-refractivity contribution in [2.24, 2.45) is 0 Å². The summed E-state index contributed by atoms with van der Waals surface area (Å²) in [6.07, 6.45) is 0. The van der Waals surface area contributed by atoms with Crippen LogP contribution in [0.5, 0.6) is 0 Å². The van der Waals surface area contributed by atoms with Crippen molar-refractivity contribution in [3.05, 3.63) is 59.2 Å². The first-order chi connectivity index (χ1) is 8.26. The number of nitriles is 2. The van der Waals surface area contributed by atoms with Crippen LogP contribution in [0.4, 0.5) is 0 Å². The van der Waals surface area contributed by atoms with Crippen molar-refractivity contribution in [1.29, 1.82) is 10.5 Å². The highest BCUT2D eigenvalue weighted by atomic mass is 14.3. The summed E-state index contributed by atoms with van der Waals surface area (Å²) in [5.41, 5.74) is 3.82. The Morgan fingerprint density at radius 1 is 0.882 bits per heavy atom. The Hall–Kier alpha value is -2.58. The number of hydrogen-bond acceptors (Lipinski definition) is 2. The van der Waals surface area contributed by atoms with Crippen molar-refractivity contribution in [2.45, 2.75) is 6.92 Å². The van der Waals surface area contributed by atoms with E-state index in [0.29, 0.717) is 11.1 Å². The van der Waals surface area contributed by atoms with Crippen molar-refractivity contribution in [1.82, 2.24) is 0 Å². The highest BCUT2D eigenvalue weighted by molar-refractivity contribution is 5.76. The van der Waals surface area contributed by atoms with Gasteiger partial charge in [-0.15, -0.1) is 0 Å². The molecule has 2 aromatic carbocycles. The van der Waals surface area contributed by atoms with Gasteiger partial charge in [0.2, 0.25) is 0 Å². The van der Waals surface area contributed by atoms with Gasteiger partial charge in [0.05, 0.1) is 23.3 Å². The lowest BCUT2D eigenvalue weighted by Crippen LogP contribution is -1.89. The van der Waals surface area contributed by atoms with E-state index < -0.39 is 0 Å². The second kappa shape index (κ2) is 4.51. The van der Waals surface area contributed by atoms with Crippen LogP contribution in [-0.4, -0.2) is 0 Å². The summed E-state index contributed by atoms with van der Waals surface area (Å²) in [6, 6.07) is 17.3. The maximum atomic E-state index is 9.11. The van der Waals surface area contributed by atoms with E-state index in [0.717, 1.165) is 16.7 Å². The predicted molar refractivity (Wildman–Crippen MR) is 66.0 cm³/mol. The molecule has 2 nitrogen and oxygen atoms in total. The van der Waals surface area contributed by atoms with Gasteiger partial charge in [0.25, 0.3) is 0 Å². The fourth-order valence-electron chi connectivity index (χ4n) is 1.85. The van der Waals surface area contributed by atoms with Crippen LogP contribution in [0.15, 0.2) is 42.5 Å². The van der Waals surface area contributed by atoms with Gasteiger partial charge in [-0.2, -0.15) is 10.5 Å².